The summed E-state index contributed by atoms with van der Waals surface area (Å²) < 4.78 is 31.4. The molecule has 1 aliphatic rings. The van der Waals surface area contributed by atoms with Crippen LogP contribution in [0.1, 0.15) is 29.6 Å². The Morgan fingerprint density at radius 3 is 2.35 bits per heavy atom. The van der Waals surface area contributed by atoms with Gasteiger partial charge in [0.1, 0.15) is 0 Å². The van der Waals surface area contributed by atoms with Crippen molar-refractivity contribution in [3.8, 4) is 0 Å². The predicted molar refractivity (Wildman–Crippen MR) is 116 cm³/mol. The van der Waals surface area contributed by atoms with Crippen LogP contribution < -0.4 is 20.9 Å². The molecule has 0 saturated carbocycles. The molecule has 1 heterocycles. The summed E-state index contributed by atoms with van der Waals surface area (Å²) in [5.74, 6) is -2.28. The van der Waals surface area contributed by atoms with Gasteiger partial charge in [-0.15, -0.1) is 0 Å². The summed E-state index contributed by atoms with van der Waals surface area (Å²) in [5, 5.41) is 7.95. The van der Waals surface area contributed by atoms with Crippen LogP contribution in [0, 0.1) is 11.6 Å². The van der Waals surface area contributed by atoms with Crippen LogP contribution in [0.3, 0.4) is 0 Å². The molecule has 0 atom stereocenters. The van der Waals surface area contributed by atoms with Gasteiger partial charge < -0.3 is 25.6 Å². The van der Waals surface area contributed by atoms with Gasteiger partial charge >= 0.3 is 6.03 Å². The van der Waals surface area contributed by atoms with Gasteiger partial charge in [-0.2, -0.15) is 0 Å². The summed E-state index contributed by atoms with van der Waals surface area (Å²) in [7, 11) is 1.60. The van der Waals surface area contributed by atoms with E-state index in [1.54, 1.807) is 19.2 Å². The molecule has 3 rings (SSSR count). The molecule has 0 spiro atoms. The Morgan fingerprint density at radius 1 is 1.00 bits per heavy atom. The van der Waals surface area contributed by atoms with Crippen molar-refractivity contribution in [2.45, 2.75) is 19.3 Å². The Bertz CT molecular complexity index is 933. The van der Waals surface area contributed by atoms with Gasteiger partial charge in [-0.25, -0.2) is 13.6 Å². The van der Waals surface area contributed by atoms with E-state index in [0.29, 0.717) is 30.8 Å². The zero-order chi connectivity index (χ0) is 22.2. The summed E-state index contributed by atoms with van der Waals surface area (Å²) in [6, 6.07) is 7.58. The molecule has 0 aliphatic carbocycles. The number of methoxy groups -OCH3 is 1. The third kappa shape index (κ3) is 6.14. The quantitative estimate of drug-likeness (QED) is 0.551. The fraction of sp³-hybridized carbons (Fsp3) is 0.364. The second-order valence-corrected chi connectivity index (χ2v) is 7.24. The van der Waals surface area contributed by atoms with Crippen molar-refractivity contribution in [1.29, 1.82) is 0 Å². The van der Waals surface area contributed by atoms with E-state index in [1.165, 1.54) is 6.07 Å². The van der Waals surface area contributed by atoms with Gasteiger partial charge in [-0.05, 0) is 49.6 Å². The smallest absolute Gasteiger partial charge is 0.323 e. The Kier molecular flexibility index (Phi) is 7.77. The van der Waals surface area contributed by atoms with Gasteiger partial charge in [0, 0.05) is 56.5 Å². The lowest BCUT2D eigenvalue weighted by molar-refractivity contribution is 0.0949. The van der Waals surface area contributed by atoms with Gasteiger partial charge in [0.2, 0.25) is 0 Å². The number of nitrogens with one attached hydrogen (secondary N) is 3. The van der Waals surface area contributed by atoms with Crippen LogP contribution in [0.25, 0.3) is 0 Å². The van der Waals surface area contributed by atoms with Crippen LogP contribution in [-0.4, -0.2) is 45.3 Å². The zero-order valence-corrected chi connectivity index (χ0v) is 17.3. The monoisotopic (exact) mass is 432 g/mol. The topological polar surface area (TPSA) is 82.7 Å². The number of rotatable bonds is 8. The van der Waals surface area contributed by atoms with Gasteiger partial charge in [-0.1, -0.05) is 0 Å². The number of hydrogen-bond donors (Lipinski definition) is 3. The van der Waals surface area contributed by atoms with E-state index in [-0.39, 0.29) is 11.6 Å². The first-order valence-corrected chi connectivity index (χ1v) is 10.2. The van der Waals surface area contributed by atoms with Gasteiger partial charge in [0.25, 0.3) is 5.91 Å². The van der Waals surface area contributed by atoms with Gasteiger partial charge in [0.15, 0.2) is 11.6 Å². The van der Waals surface area contributed by atoms with Crippen LogP contribution in [-0.2, 0) is 4.74 Å². The molecule has 2 aromatic carbocycles. The molecule has 1 fully saturated rings. The number of amides is 3. The Morgan fingerprint density at radius 2 is 1.68 bits per heavy atom. The van der Waals surface area contributed by atoms with E-state index in [0.717, 1.165) is 43.8 Å². The van der Waals surface area contributed by atoms with Crippen LogP contribution in [0.4, 0.5) is 30.6 Å². The lowest BCUT2D eigenvalue weighted by atomic mass is 10.1. The second kappa shape index (κ2) is 10.7. The van der Waals surface area contributed by atoms with Gasteiger partial charge in [-0.3, -0.25) is 4.79 Å². The molecular formula is C22H26F2N4O3. The van der Waals surface area contributed by atoms with E-state index < -0.39 is 17.7 Å². The Labute approximate surface area is 179 Å². The molecule has 3 amide bonds. The molecule has 0 radical (unpaired) electrons. The third-order valence-electron chi connectivity index (χ3n) is 4.93. The number of nitrogens with zero attached hydrogens (tertiary/aromatic N) is 1. The maximum Gasteiger partial charge on any atom is 0.323 e. The second-order valence-electron chi connectivity index (χ2n) is 7.24. The standard InChI is InChI=1S/C22H26F2N4O3/c1-31-12-4-9-25-21(29)17-13-15(6-8-20(17)28-10-2-3-11-28)26-22(30)27-16-5-7-18(23)19(24)14-16/h5-8,13-14H,2-4,9-12H2,1H3,(H,25,29)(H2,26,27,30). The first-order chi connectivity index (χ1) is 15.0. The molecule has 1 saturated heterocycles. The molecular weight excluding hydrogens is 406 g/mol. The maximum atomic E-state index is 13.3. The number of urea groups is 1. The Balaban J connectivity index is 1.73. The number of hydrogen-bond acceptors (Lipinski definition) is 4. The summed E-state index contributed by atoms with van der Waals surface area (Å²) >= 11 is 0. The van der Waals surface area contributed by atoms with Crippen LogP contribution in [0.5, 0.6) is 0 Å². The van der Waals surface area contributed by atoms with E-state index >= 15 is 0 Å². The first kappa shape index (κ1) is 22.5. The molecule has 0 aromatic heterocycles. The predicted octanol–water partition coefficient (Wildman–Crippen LogP) is 3.98. The highest BCUT2D eigenvalue weighted by Gasteiger charge is 2.20. The highest BCUT2D eigenvalue weighted by atomic mass is 19.2. The van der Waals surface area contributed by atoms with E-state index in [9.17, 15) is 18.4 Å². The van der Waals surface area contributed by atoms with E-state index in [1.807, 2.05) is 6.07 Å². The number of ether oxygens (including phenoxy) is 1. The number of carbonyl (C=O) groups is 2. The fourth-order valence-corrected chi connectivity index (χ4v) is 3.41. The van der Waals surface area contributed by atoms with Gasteiger partial charge in [0.05, 0.1) is 5.56 Å². The largest absolute Gasteiger partial charge is 0.385 e. The number of anilines is 3. The highest BCUT2D eigenvalue weighted by molar-refractivity contribution is 6.04. The number of benzene rings is 2. The summed E-state index contributed by atoms with van der Waals surface area (Å²) in [5.41, 5.74) is 1.80. The minimum atomic E-state index is -1.06. The van der Waals surface area contributed by atoms with Crippen molar-refractivity contribution < 1.29 is 23.1 Å². The summed E-state index contributed by atoms with van der Waals surface area (Å²) in [4.78, 5) is 27.2. The van der Waals surface area contributed by atoms with Crippen molar-refractivity contribution in [3.05, 3.63) is 53.6 Å². The average Bonchev–Trinajstić information content (AvgIpc) is 3.28. The lowest BCUT2D eigenvalue weighted by Gasteiger charge is -2.22. The highest BCUT2D eigenvalue weighted by Crippen LogP contribution is 2.28. The zero-order valence-electron chi connectivity index (χ0n) is 17.3. The molecule has 2 aromatic rings. The lowest BCUT2D eigenvalue weighted by Crippen LogP contribution is -2.29. The molecule has 0 bridgehead atoms. The molecule has 7 nitrogen and oxygen atoms in total. The van der Waals surface area contributed by atoms with E-state index in [4.69, 9.17) is 4.74 Å². The summed E-state index contributed by atoms with van der Waals surface area (Å²) in [6.07, 6.45) is 2.81. The third-order valence-corrected chi connectivity index (χ3v) is 4.93. The van der Waals surface area contributed by atoms with Crippen molar-refractivity contribution in [2.75, 3.05) is 48.9 Å². The molecule has 9 heteroatoms. The SMILES string of the molecule is COCCCNC(=O)c1cc(NC(=O)Nc2ccc(F)c(F)c2)ccc1N1CCCC1. The van der Waals surface area contributed by atoms with Crippen LogP contribution in [0.2, 0.25) is 0 Å². The molecule has 3 N–H and O–H groups in total. The molecule has 1 aliphatic heterocycles. The number of halogens is 2. The first-order valence-electron chi connectivity index (χ1n) is 10.2. The van der Waals surface area contributed by atoms with Crippen LogP contribution in [0.15, 0.2) is 36.4 Å². The molecule has 31 heavy (non-hydrogen) atoms. The normalized spacial score (nSPS) is 13.2. The molecule has 0 unspecified atom stereocenters. The number of carbonyl (C=O) groups excluding carboxylic acids is 2. The Hall–Kier alpha value is -3.20. The van der Waals surface area contributed by atoms with Crippen molar-refractivity contribution >= 4 is 29.0 Å². The van der Waals surface area contributed by atoms with Crippen LogP contribution >= 0.6 is 0 Å². The summed E-state index contributed by atoms with van der Waals surface area (Å²) in [6.45, 7) is 2.76. The van der Waals surface area contributed by atoms with Crippen molar-refractivity contribution in [1.82, 2.24) is 5.32 Å². The maximum absolute atomic E-state index is 13.3. The average molecular weight is 432 g/mol. The van der Waals surface area contributed by atoms with Crippen molar-refractivity contribution in [3.63, 3.8) is 0 Å². The van der Waals surface area contributed by atoms with E-state index in [2.05, 4.69) is 20.9 Å². The minimum absolute atomic E-state index is 0.112. The van der Waals surface area contributed by atoms with Crippen molar-refractivity contribution in [2.24, 2.45) is 0 Å². The fourth-order valence-electron chi connectivity index (χ4n) is 3.41. The molecule has 166 valence electrons. The minimum Gasteiger partial charge on any atom is -0.385 e.